The van der Waals surface area contributed by atoms with Crippen LogP contribution in [-0.4, -0.2) is 34.0 Å². The standard InChI is InChI=1S/C27H33NO4S/c1-4-22-12-8-13-24(16-22)25-14-9-15-27(18-25)33(29,30)28-26(19-31-20-32-21(2)3)17-23-10-6-5-7-11-23/h5-16,18,21,26,28H,4,17,19-20H2,1-3H3/t26-/m0/s1. The monoisotopic (exact) mass is 467 g/mol. The van der Waals surface area contributed by atoms with Crippen LogP contribution in [0.3, 0.4) is 0 Å². The molecule has 1 N–H and O–H groups in total. The highest BCUT2D eigenvalue weighted by Gasteiger charge is 2.21. The summed E-state index contributed by atoms with van der Waals surface area (Å²) in [6.45, 7) is 6.28. The zero-order valence-electron chi connectivity index (χ0n) is 19.5. The van der Waals surface area contributed by atoms with Crippen molar-refractivity contribution in [3.63, 3.8) is 0 Å². The van der Waals surface area contributed by atoms with Crippen LogP contribution in [-0.2, 0) is 32.3 Å². The van der Waals surface area contributed by atoms with E-state index in [-0.39, 0.29) is 24.4 Å². The Morgan fingerprint density at radius 3 is 2.21 bits per heavy atom. The Bertz CT molecular complexity index is 1110. The number of hydrogen-bond donors (Lipinski definition) is 1. The van der Waals surface area contributed by atoms with E-state index in [1.54, 1.807) is 18.2 Å². The highest BCUT2D eigenvalue weighted by Crippen LogP contribution is 2.24. The molecule has 1 atom stereocenters. The van der Waals surface area contributed by atoms with Crippen molar-refractivity contribution < 1.29 is 17.9 Å². The quantitative estimate of drug-likeness (QED) is 0.294. The Morgan fingerprint density at radius 2 is 1.52 bits per heavy atom. The zero-order valence-corrected chi connectivity index (χ0v) is 20.3. The molecule has 0 aliphatic rings. The predicted molar refractivity (Wildman–Crippen MR) is 133 cm³/mol. The van der Waals surface area contributed by atoms with Crippen molar-refractivity contribution in [2.24, 2.45) is 0 Å². The largest absolute Gasteiger partial charge is 0.354 e. The van der Waals surface area contributed by atoms with Gasteiger partial charge in [-0.3, -0.25) is 0 Å². The molecule has 0 fully saturated rings. The van der Waals surface area contributed by atoms with Crippen molar-refractivity contribution in [3.8, 4) is 11.1 Å². The third-order valence-corrected chi connectivity index (χ3v) is 6.78. The van der Waals surface area contributed by atoms with Gasteiger partial charge in [-0.2, -0.15) is 0 Å². The molecular formula is C27H33NO4S. The Labute approximate surface area is 197 Å². The lowest BCUT2D eigenvalue weighted by atomic mass is 10.0. The summed E-state index contributed by atoms with van der Waals surface area (Å²) in [5.41, 5.74) is 4.11. The van der Waals surface area contributed by atoms with Crippen LogP contribution >= 0.6 is 0 Å². The fraction of sp³-hybridized carbons (Fsp3) is 0.333. The smallest absolute Gasteiger partial charge is 0.240 e. The third-order valence-electron chi connectivity index (χ3n) is 5.26. The van der Waals surface area contributed by atoms with Gasteiger partial charge in [0.05, 0.1) is 17.6 Å². The highest BCUT2D eigenvalue weighted by molar-refractivity contribution is 7.89. The minimum atomic E-state index is -3.75. The van der Waals surface area contributed by atoms with Crippen molar-refractivity contribution in [2.45, 2.75) is 50.7 Å². The molecule has 0 saturated carbocycles. The number of sulfonamides is 1. The van der Waals surface area contributed by atoms with Crippen LogP contribution in [0.15, 0.2) is 83.8 Å². The minimum Gasteiger partial charge on any atom is -0.354 e. The molecule has 0 radical (unpaired) electrons. The lowest BCUT2D eigenvalue weighted by Crippen LogP contribution is -2.40. The second kappa shape index (κ2) is 12.1. The predicted octanol–water partition coefficient (Wildman–Crippen LogP) is 5.20. The first kappa shape index (κ1) is 25.1. The minimum absolute atomic E-state index is 0.0446. The van der Waals surface area contributed by atoms with E-state index in [0.29, 0.717) is 6.42 Å². The van der Waals surface area contributed by atoms with Gasteiger partial charge in [-0.15, -0.1) is 0 Å². The van der Waals surface area contributed by atoms with E-state index < -0.39 is 16.1 Å². The van der Waals surface area contributed by atoms with Gasteiger partial charge in [-0.25, -0.2) is 13.1 Å². The van der Waals surface area contributed by atoms with Gasteiger partial charge in [-0.05, 0) is 61.1 Å². The number of benzene rings is 3. The van der Waals surface area contributed by atoms with Gasteiger partial charge in [0.2, 0.25) is 10.0 Å². The van der Waals surface area contributed by atoms with Crippen LogP contribution in [0.2, 0.25) is 0 Å². The molecule has 0 unspecified atom stereocenters. The summed E-state index contributed by atoms with van der Waals surface area (Å²) in [5.74, 6) is 0. The van der Waals surface area contributed by atoms with Gasteiger partial charge < -0.3 is 9.47 Å². The molecule has 0 aliphatic heterocycles. The van der Waals surface area contributed by atoms with Gasteiger partial charge in [0.15, 0.2) is 0 Å². The van der Waals surface area contributed by atoms with Gasteiger partial charge in [0, 0.05) is 6.04 Å². The van der Waals surface area contributed by atoms with E-state index in [0.717, 1.165) is 23.1 Å². The summed E-state index contributed by atoms with van der Waals surface area (Å²) in [4.78, 5) is 0.235. The molecular weight excluding hydrogens is 434 g/mol. The van der Waals surface area contributed by atoms with Crippen molar-refractivity contribution in [1.82, 2.24) is 4.72 Å². The summed E-state index contributed by atoms with van der Waals surface area (Å²) < 4.78 is 40.5. The summed E-state index contributed by atoms with van der Waals surface area (Å²) in [7, 11) is -3.75. The van der Waals surface area contributed by atoms with Crippen molar-refractivity contribution in [1.29, 1.82) is 0 Å². The molecule has 5 nitrogen and oxygen atoms in total. The van der Waals surface area contributed by atoms with E-state index in [4.69, 9.17) is 9.47 Å². The van der Waals surface area contributed by atoms with E-state index >= 15 is 0 Å². The van der Waals surface area contributed by atoms with E-state index in [1.165, 1.54) is 5.56 Å². The number of ether oxygens (including phenoxy) is 2. The average Bonchev–Trinajstić information content (AvgIpc) is 2.82. The van der Waals surface area contributed by atoms with Crippen molar-refractivity contribution in [3.05, 3.63) is 90.0 Å². The van der Waals surface area contributed by atoms with Crippen LogP contribution in [0.1, 0.15) is 31.9 Å². The number of nitrogens with one attached hydrogen (secondary N) is 1. The Morgan fingerprint density at radius 1 is 0.848 bits per heavy atom. The third kappa shape index (κ3) is 7.79. The molecule has 3 aromatic rings. The fourth-order valence-electron chi connectivity index (χ4n) is 3.51. The first-order chi connectivity index (χ1) is 15.9. The summed E-state index contributed by atoms with van der Waals surface area (Å²) >= 11 is 0. The number of hydrogen-bond acceptors (Lipinski definition) is 4. The molecule has 0 aromatic heterocycles. The fourth-order valence-corrected chi connectivity index (χ4v) is 4.78. The normalized spacial score (nSPS) is 12.7. The van der Waals surface area contributed by atoms with Crippen molar-refractivity contribution >= 4 is 10.0 Å². The van der Waals surface area contributed by atoms with E-state index in [1.807, 2.05) is 62.4 Å². The summed E-state index contributed by atoms with van der Waals surface area (Å²) in [6.07, 6.45) is 1.48. The maximum absolute atomic E-state index is 13.3. The zero-order chi connectivity index (χ0) is 23.7. The molecule has 3 aromatic carbocycles. The molecule has 0 amide bonds. The van der Waals surface area contributed by atoms with Gasteiger partial charge in [-0.1, -0.05) is 73.7 Å². The molecule has 0 saturated heterocycles. The van der Waals surface area contributed by atoms with Gasteiger partial charge >= 0.3 is 0 Å². The average molecular weight is 468 g/mol. The second-order valence-corrected chi connectivity index (χ2v) is 10.0. The maximum atomic E-state index is 13.3. The van der Waals surface area contributed by atoms with Gasteiger partial charge in [0.1, 0.15) is 6.79 Å². The molecule has 176 valence electrons. The maximum Gasteiger partial charge on any atom is 0.240 e. The van der Waals surface area contributed by atoms with Crippen LogP contribution in [0.4, 0.5) is 0 Å². The lowest BCUT2D eigenvalue weighted by Gasteiger charge is -2.20. The van der Waals surface area contributed by atoms with Gasteiger partial charge in [0.25, 0.3) is 0 Å². The number of aryl methyl sites for hydroxylation is 1. The molecule has 3 rings (SSSR count). The van der Waals surface area contributed by atoms with Crippen molar-refractivity contribution in [2.75, 3.05) is 13.4 Å². The topological polar surface area (TPSA) is 64.6 Å². The molecule has 33 heavy (non-hydrogen) atoms. The molecule has 6 heteroatoms. The Hall–Kier alpha value is -2.51. The molecule has 0 aliphatic carbocycles. The Balaban J connectivity index is 1.79. The summed E-state index contributed by atoms with van der Waals surface area (Å²) in [6, 6.07) is 24.6. The SMILES string of the molecule is CCc1cccc(-c2cccc(S(=O)(=O)N[C@H](COCOC(C)C)Cc3ccccc3)c2)c1. The summed E-state index contributed by atoms with van der Waals surface area (Å²) in [5, 5.41) is 0. The first-order valence-corrected chi connectivity index (χ1v) is 12.8. The van der Waals surface area contributed by atoms with Crippen LogP contribution in [0, 0.1) is 0 Å². The van der Waals surface area contributed by atoms with E-state index in [2.05, 4.69) is 23.8 Å². The van der Waals surface area contributed by atoms with Crippen LogP contribution < -0.4 is 4.72 Å². The van der Waals surface area contributed by atoms with E-state index in [9.17, 15) is 8.42 Å². The second-order valence-electron chi connectivity index (χ2n) is 8.29. The molecule has 0 spiro atoms. The lowest BCUT2D eigenvalue weighted by molar-refractivity contribution is -0.0821. The Kier molecular flexibility index (Phi) is 9.21. The molecule has 0 bridgehead atoms. The highest BCUT2D eigenvalue weighted by atomic mass is 32.2. The van der Waals surface area contributed by atoms with Crippen LogP contribution in [0.5, 0.6) is 0 Å². The number of rotatable bonds is 12. The first-order valence-electron chi connectivity index (χ1n) is 11.3. The van der Waals surface area contributed by atoms with Crippen LogP contribution in [0.25, 0.3) is 11.1 Å². The molecule has 0 heterocycles.